The van der Waals surface area contributed by atoms with Gasteiger partial charge in [0.15, 0.2) is 0 Å². The minimum absolute atomic E-state index is 0.0219. The molecular weight excluding hydrogens is 572 g/mol. The second kappa shape index (κ2) is 16.1. The van der Waals surface area contributed by atoms with E-state index in [1.165, 1.54) is 25.1 Å². The summed E-state index contributed by atoms with van der Waals surface area (Å²) in [5, 5.41) is 15.3. The van der Waals surface area contributed by atoms with Crippen LogP contribution in [-0.2, 0) is 19.1 Å². The van der Waals surface area contributed by atoms with Crippen molar-refractivity contribution in [2.24, 2.45) is 0 Å². The van der Waals surface area contributed by atoms with Crippen LogP contribution >= 0.6 is 0 Å². The molecule has 2 aromatic rings. The number of dihydropyridines is 1. The maximum atomic E-state index is 14.9. The number of ether oxygens (including phenoxy) is 3. The predicted molar refractivity (Wildman–Crippen MR) is 150 cm³/mol. The van der Waals surface area contributed by atoms with Crippen molar-refractivity contribution in [2.45, 2.75) is 50.8 Å². The van der Waals surface area contributed by atoms with Crippen molar-refractivity contribution in [1.29, 1.82) is 0 Å². The van der Waals surface area contributed by atoms with Gasteiger partial charge in [-0.05, 0) is 44.5 Å². The number of hydrogen-bond acceptors (Lipinski definition) is 8. The van der Waals surface area contributed by atoms with E-state index in [9.17, 15) is 32.3 Å². The van der Waals surface area contributed by atoms with Gasteiger partial charge in [0, 0.05) is 17.8 Å². The van der Waals surface area contributed by atoms with E-state index in [0.29, 0.717) is 31.7 Å². The molecule has 0 radical (unpaired) electrons. The molecule has 0 amide bonds. The van der Waals surface area contributed by atoms with Gasteiger partial charge in [-0.25, -0.2) is 14.0 Å². The van der Waals surface area contributed by atoms with Crippen LogP contribution in [-0.4, -0.2) is 62.7 Å². The maximum Gasteiger partial charge on any atom is 0.431 e. The second-order valence-electron chi connectivity index (χ2n) is 9.93. The molecule has 0 bridgehead atoms. The summed E-state index contributed by atoms with van der Waals surface area (Å²) in [5.41, 5.74) is -3.16. The molecule has 1 heterocycles. The van der Waals surface area contributed by atoms with E-state index >= 15 is 0 Å². The molecule has 0 saturated carbocycles. The highest BCUT2D eigenvalue weighted by Crippen LogP contribution is 2.44. The van der Waals surface area contributed by atoms with Crippen LogP contribution in [0.25, 0.3) is 0 Å². The lowest BCUT2D eigenvalue weighted by molar-refractivity contribution is -0.140. The summed E-state index contributed by atoms with van der Waals surface area (Å²) in [4.78, 5) is 25.7. The number of halogens is 4. The quantitative estimate of drug-likeness (QED) is 0.149. The van der Waals surface area contributed by atoms with Gasteiger partial charge in [0.2, 0.25) is 0 Å². The second-order valence-corrected chi connectivity index (χ2v) is 9.93. The molecule has 0 saturated heterocycles. The fourth-order valence-corrected chi connectivity index (χ4v) is 4.66. The molecule has 12 heteroatoms. The third-order valence-corrected chi connectivity index (χ3v) is 6.73. The Hall–Kier alpha value is -3.90. The van der Waals surface area contributed by atoms with Gasteiger partial charge in [-0.15, -0.1) is 0 Å². The number of alkyl halides is 3. The molecule has 234 valence electrons. The van der Waals surface area contributed by atoms with Crippen LogP contribution in [0.5, 0.6) is 5.75 Å². The lowest BCUT2D eigenvalue weighted by Gasteiger charge is -2.32. The number of rotatable bonds is 15. The third-order valence-electron chi connectivity index (χ3n) is 6.73. The number of hydrogen-bond donors (Lipinski definition) is 3. The van der Waals surface area contributed by atoms with Gasteiger partial charge in [-0.3, -0.25) is 0 Å². The first-order valence-corrected chi connectivity index (χ1v) is 13.9. The van der Waals surface area contributed by atoms with E-state index in [2.05, 4.69) is 15.4 Å². The molecule has 0 aliphatic carbocycles. The van der Waals surface area contributed by atoms with Crippen LogP contribution in [0.15, 0.2) is 77.1 Å². The first-order valence-electron chi connectivity index (χ1n) is 13.9. The van der Waals surface area contributed by atoms with Gasteiger partial charge in [0.05, 0.1) is 30.8 Å². The number of esters is 2. The Morgan fingerprint density at radius 3 is 2.33 bits per heavy atom. The van der Waals surface area contributed by atoms with E-state index in [1.807, 2.05) is 30.3 Å². The minimum atomic E-state index is -5.01. The molecule has 3 N–H and O–H groups in total. The number of aliphatic hydroxyl groups excluding tert-OH is 1. The van der Waals surface area contributed by atoms with E-state index in [1.54, 1.807) is 0 Å². The maximum absolute atomic E-state index is 14.9. The lowest BCUT2D eigenvalue weighted by Crippen LogP contribution is -2.38. The minimum Gasteiger partial charge on any atom is -0.491 e. The summed E-state index contributed by atoms with van der Waals surface area (Å²) in [6.45, 7) is 2.41. The Morgan fingerprint density at radius 1 is 0.977 bits per heavy atom. The normalized spacial score (nSPS) is 16.0. The highest BCUT2D eigenvalue weighted by atomic mass is 19.4. The molecule has 43 heavy (non-hydrogen) atoms. The summed E-state index contributed by atoms with van der Waals surface area (Å²) >= 11 is 0. The number of unbranched alkanes of at least 4 members (excludes halogenated alkanes) is 3. The Balaban J connectivity index is 1.51. The molecule has 0 spiro atoms. The van der Waals surface area contributed by atoms with Crippen LogP contribution in [0.4, 0.5) is 17.6 Å². The standard InChI is InChI=1S/C31H36F4N2O6/c1-20-25(26(23-14-8-9-15-24(23)32)27(29(39)41-2)28(37-20)31(33,34)35)30(40)42-17-11-4-3-10-16-36-18-21(38)19-43-22-12-6-5-7-13-22/h5-9,12-15,21,26,36-38H,3-4,10-11,16-19H2,1-2H3. The summed E-state index contributed by atoms with van der Waals surface area (Å²) in [5.74, 6) is -4.22. The Morgan fingerprint density at radius 2 is 1.65 bits per heavy atom. The number of para-hydroxylation sites is 1. The number of methoxy groups -OCH3 is 1. The largest absolute Gasteiger partial charge is 0.491 e. The molecule has 2 atom stereocenters. The topological polar surface area (TPSA) is 106 Å². The molecule has 1 aliphatic rings. The summed E-state index contributed by atoms with van der Waals surface area (Å²) in [7, 11) is 0.906. The van der Waals surface area contributed by atoms with Crippen molar-refractivity contribution in [2.75, 3.05) is 33.4 Å². The highest BCUT2D eigenvalue weighted by molar-refractivity contribution is 6.00. The van der Waals surface area contributed by atoms with Crippen molar-refractivity contribution in [1.82, 2.24) is 10.6 Å². The number of allylic oxidation sites excluding steroid dienone is 2. The average Bonchev–Trinajstić information content (AvgIpc) is 2.98. The fourth-order valence-electron chi connectivity index (χ4n) is 4.66. The van der Waals surface area contributed by atoms with Crippen LogP contribution in [0.3, 0.4) is 0 Å². The molecule has 0 aromatic heterocycles. The Kier molecular flexibility index (Phi) is 12.6. The van der Waals surface area contributed by atoms with E-state index in [0.717, 1.165) is 26.0 Å². The van der Waals surface area contributed by atoms with Crippen LogP contribution in [0.1, 0.15) is 44.1 Å². The number of carbonyl (C=O) groups excluding carboxylic acids is 2. The number of benzene rings is 2. The number of nitrogens with one attached hydrogen (secondary N) is 2. The van der Waals surface area contributed by atoms with E-state index in [-0.39, 0.29) is 30.0 Å². The van der Waals surface area contributed by atoms with Gasteiger partial charge in [0.25, 0.3) is 0 Å². The van der Waals surface area contributed by atoms with Gasteiger partial charge in [0.1, 0.15) is 30.0 Å². The zero-order chi connectivity index (χ0) is 31.4. The average molecular weight is 609 g/mol. The summed E-state index contributed by atoms with van der Waals surface area (Å²) in [6.07, 6.45) is -2.89. The fraction of sp³-hybridized carbons (Fsp3) is 0.419. The predicted octanol–water partition coefficient (Wildman–Crippen LogP) is 4.91. The SMILES string of the molecule is COC(=O)C1=C(C(F)(F)F)NC(C)=C(C(=O)OCCCCCCNCC(O)COc2ccccc2)C1c1ccccc1F. The van der Waals surface area contributed by atoms with Crippen LogP contribution < -0.4 is 15.4 Å². The molecule has 2 aromatic carbocycles. The van der Waals surface area contributed by atoms with Crippen LogP contribution in [0, 0.1) is 5.82 Å². The highest BCUT2D eigenvalue weighted by Gasteiger charge is 2.48. The molecule has 0 fully saturated rings. The third kappa shape index (κ3) is 9.55. The number of aliphatic hydroxyl groups is 1. The smallest absolute Gasteiger partial charge is 0.431 e. The lowest BCUT2D eigenvalue weighted by atomic mass is 9.80. The molecular formula is C31H36F4N2O6. The zero-order valence-electron chi connectivity index (χ0n) is 24.0. The van der Waals surface area contributed by atoms with Crippen molar-refractivity contribution in [3.8, 4) is 5.75 Å². The summed E-state index contributed by atoms with van der Waals surface area (Å²) in [6, 6.07) is 14.2. The zero-order valence-corrected chi connectivity index (χ0v) is 24.0. The first-order chi connectivity index (χ1) is 20.5. The molecule has 3 rings (SSSR count). The number of carbonyl (C=O) groups is 2. The van der Waals surface area contributed by atoms with Gasteiger partial charge in [-0.2, -0.15) is 13.2 Å². The van der Waals surface area contributed by atoms with Crippen molar-refractivity contribution < 1.29 is 46.5 Å². The van der Waals surface area contributed by atoms with Gasteiger partial charge >= 0.3 is 18.1 Å². The van der Waals surface area contributed by atoms with Crippen molar-refractivity contribution in [3.05, 3.63) is 88.5 Å². The van der Waals surface area contributed by atoms with Crippen molar-refractivity contribution >= 4 is 11.9 Å². The Labute approximate surface area is 247 Å². The molecule has 8 nitrogen and oxygen atoms in total. The monoisotopic (exact) mass is 608 g/mol. The molecule has 1 aliphatic heterocycles. The summed E-state index contributed by atoms with van der Waals surface area (Å²) < 4.78 is 72.1. The van der Waals surface area contributed by atoms with Gasteiger partial charge < -0.3 is 30.0 Å². The first kappa shape index (κ1) is 33.6. The van der Waals surface area contributed by atoms with E-state index in [4.69, 9.17) is 9.47 Å². The van der Waals surface area contributed by atoms with Crippen molar-refractivity contribution in [3.63, 3.8) is 0 Å². The van der Waals surface area contributed by atoms with E-state index < -0.39 is 47.2 Å². The van der Waals surface area contributed by atoms with Gasteiger partial charge in [-0.1, -0.05) is 49.2 Å². The van der Waals surface area contributed by atoms with Crippen LogP contribution in [0.2, 0.25) is 0 Å². The molecule has 2 unspecified atom stereocenters. The Bertz CT molecular complexity index is 1300.